The quantitative estimate of drug-likeness (QED) is 0.506. The molecule has 4 aromatic rings. The maximum atomic E-state index is 12.3. The summed E-state index contributed by atoms with van der Waals surface area (Å²) in [6, 6.07) is 25.3. The van der Waals surface area contributed by atoms with E-state index in [1.165, 1.54) is 0 Å². The van der Waals surface area contributed by atoms with Gasteiger partial charge in [-0.2, -0.15) is 0 Å². The van der Waals surface area contributed by atoms with Crippen molar-refractivity contribution in [3.05, 3.63) is 96.3 Å². The summed E-state index contributed by atoms with van der Waals surface area (Å²) < 4.78 is 5.62. The molecule has 0 atom stereocenters. The Hall–Kier alpha value is -3.66. The van der Waals surface area contributed by atoms with Gasteiger partial charge in [-0.1, -0.05) is 54.6 Å². The van der Waals surface area contributed by atoms with Gasteiger partial charge in [0.25, 0.3) is 0 Å². The van der Waals surface area contributed by atoms with Gasteiger partial charge in [0.05, 0.1) is 6.42 Å². The minimum atomic E-state index is -0.0375. The van der Waals surface area contributed by atoms with Crippen LogP contribution in [0.5, 0.6) is 0 Å². The van der Waals surface area contributed by atoms with Crippen molar-refractivity contribution in [2.24, 2.45) is 0 Å². The molecule has 0 fully saturated rings. The lowest BCUT2D eigenvalue weighted by molar-refractivity contribution is -0.115. The second kappa shape index (κ2) is 7.92. The van der Waals surface area contributed by atoms with Crippen LogP contribution in [-0.4, -0.2) is 10.9 Å². The van der Waals surface area contributed by atoms with Crippen LogP contribution in [-0.2, 0) is 11.2 Å². The number of carbonyl (C=O) groups excluding carboxylic acids is 1. The van der Waals surface area contributed by atoms with Crippen molar-refractivity contribution in [1.82, 2.24) is 4.98 Å². The lowest BCUT2D eigenvalue weighted by atomic mass is 10.1. The van der Waals surface area contributed by atoms with Crippen molar-refractivity contribution in [2.45, 2.75) is 13.3 Å². The number of rotatable bonds is 5. The smallest absolute Gasteiger partial charge is 0.228 e. The third-order valence-corrected chi connectivity index (χ3v) is 4.60. The number of aryl methyl sites for hydroxylation is 1. The van der Waals surface area contributed by atoms with Crippen LogP contribution in [0.25, 0.3) is 22.7 Å². The second-order valence-corrected chi connectivity index (χ2v) is 6.63. The highest BCUT2D eigenvalue weighted by Gasteiger charge is 2.10. The predicted octanol–water partition coefficient (Wildman–Crippen LogP) is 5.50. The molecule has 3 aromatic carbocycles. The van der Waals surface area contributed by atoms with Gasteiger partial charge in [0, 0.05) is 16.8 Å². The van der Waals surface area contributed by atoms with E-state index in [1.807, 2.05) is 85.8 Å². The fraction of sp³-hybridized carbons (Fsp3) is 0.0833. The zero-order chi connectivity index (χ0) is 19.3. The van der Waals surface area contributed by atoms with Gasteiger partial charge in [-0.05, 0) is 42.3 Å². The molecule has 0 unspecified atom stereocenters. The number of oxazole rings is 1. The number of amides is 1. The van der Waals surface area contributed by atoms with Crippen molar-refractivity contribution < 1.29 is 9.21 Å². The third-order valence-electron chi connectivity index (χ3n) is 4.60. The fourth-order valence-corrected chi connectivity index (χ4v) is 3.03. The molecule has 4 nitrogen and oxygen atoms in total. The van der Waals surface area contributed by atoms with Gasteiger partial charge in [-0.3, -0.25) is 4.79 Å². The van der Waals surface area contributed by atoms with Crippen LogP contribution in [0.4, 0.5) is 5.69 Å². The molecule has 0 aliphatic rings. The average Bonchev–Trinajstić information content (AvgIpc) is 3.21. The Kier molecular flexibility index (Phi) is 5.02. The standard InChI is InChI=1S/C24H20N2O2/c1-17-7-5-6-10-20(17)15-23(27)25-21-13-11-19(12-14-21)24-26-22(16-28-24)18-8-3-2-4-9-18/h2-14,16H,15H2,1H3,(H,25,27). The number of aromatic nitrogens is 1. The molecule has 1 aromatic heterocycles. The molecule has 0 bridgehead atoms. The molecule has 1 N–H and O–H groups in total. The maximum Gasteiger partial charge on any atom is 0.228 e. The Morgan fingerprint density at radius 2 is 1.61 bits per heavy atom. The highest BCUT2D eigenvalue weighted by atomic mass is 16.3. The fourth-order valence-electron chi connectivity index (χ4n) is 3.03. The number of nitrogens with one attached hydrogen (secondary N) is 1. The Morgan fingerprint density at radius 1 is 0.893 bits per heavy atom. The van der Waals surface area contributed by atoms with E-state index >= 15 is 0 Å². The van der Waals surface area contributed by atoms with E-state index in [0.29, 0.717) is 12.3 Å². The van der Waals surface area contributed by atoms with Crippen molar-refractivity contribution in [3.8, 4) is 22.7 Å². The van der Waals surface area contributed by atoms with Gasteiger partial charge >= 0.3 is 0 Å². The van der Waals surface area contributed by atoms with E-state index in [0.717, 1.165) is 33.6 Å². The summed E-state index contributed by atoms with van der Waals surface area (Å²) >= 11 is 0. The molecule has 0 saturated carbocycles. The Morgan fingerprint density at radius 3 is 2.36 bits per heavy atom. The number of nitrogens with zero attached hydrogens (tertiary/aromatic N) is 1. The van der Waals surface area contributed by atoms with Crippen LogP contribution in [0, 0.1) is 6.92 Å². The molecule has 28 heavy (non-hydrogen) atoms. The van der Waals surface area contributed by atoms with Crippen LogP contribution < -0.4 is 5.32 Å². The molecule has 0 aliphatic carbocycles. The maximum absolute atomic E-state index is 12.3. The topological polar surface area (TPSA) is 55.1 Å². The average molecular weight is 368 g/mol. The Labute approximate surface area is 163 Å². The summed E-state index contributed by atoms with van der Waals surface area (Å²) in [7, 11) is 0. The predicted molar refractivity (Wildman–Crippen MR) is 111 cm³/mol. The number of benzene rings is 3. The van der Waals surface area contributed by atoms with Crippen molar-refractivity contribution in [2.75, 3.05) is 5.32 Å². The summed E-state index contributed by atoms with van der Waals surface area (Å²) in [4.78, 5) is 16.9. The van der Waals surface area contributed by atoms with Gasteiger partial charge in [0.1, 0.15) is 12.0 Å². The first-order chi connectivity index (χ1) is 13.7. The first kappa shape index (κ1) is 17.7. The number of carbonyl (C=O) groups is 1. The largest absolute Gasteiger partial charge is 0.444 e. The van der Waals surface area contributed by atoms with Crippen molar-refractivity contribution >= 4 is 11.6 Å². The van der Waals surface area contributed by atoms with Crippen LogP contribution in [0.3, 0.4) is 0 Å². The summed E-state index contributed by atoms with van der Waals surface area (Å²) in [6.45, 7) is 2.01. The second-order valence-electron chi connectivity index (χ2n) is 6.63. The SMILES string of the molecule is Cc1ccccc1CC(=O)Nc1ccc(-c2nc(-c3ccccc3)co2)cc1. The summed E-state index contributed by atoms with van der Waals surface area (Å²) in [5.41, 5.74) is 5.57. The summed E-state index contributed by atoms with van der Waals surface area (Å²) in [5.74, 6) is 0.515. The van der Waals surface area contributed by atoms with Crippen LogP contribution in [0.1, 0.15) is 11.1 Å². The molecule has 1 heterocycles. The van der Waals surface area contributed by atoms with Crippen LogP contribution in [0.2, 0.25) is 0 Å². The molecule has 1 amide bonds. The lowest BCUT2D eigenvalue weighted by Gasteiger charge is -2.07. The number of anilines is 1. The first-order valence-corrected chi connectivity index (χ1v) is 9.15. The Balaban J connectivity index is 1.44. The van der Waals surface area contributed by atoms with Crippen LogP contribution in [0.15, 0.2) is 89.5 Å². The molecular weight excluding hydrogens is 348 g/mol. The van der Waals surface area contributed by atoms with Gasteiger partial charge < -0.3 is 9.73 Å². The zero-order valence-corrected chi connectivity index (χ0v) is 15.6. The van der Waals surface area contributed by atoms with E-state index in [2.05, 4.69) is 10.3 Å². The molecule has 4 rings (SSSR count). The lowest BCUT2D eigenvalue weighted by Crippen LogP contribution is -2.14. The zero-order valence-electron chi connectivity index (χ0n) is 15.6. The van der Waals surface area contributed by atoms with E-state index in [1.54, 1.807) is 6.26 Å². The molecule has 0 saturated heterocycles. The van der Waals surface area contributed by atoms with Gasteiger partial charge in [0.2, 0.25) is 11.8 Å². The minimum Gasteiger partial charge on any atom is -0.444 e. The molecule has 0 spiro atoms. The summed E-state index contributed by atoms with van der Waals surface area (Å²) in [5, 5.41) is 2.94. The summed E-state index contributed by atoms with van der Waals surface area (Å²) in [6.07, 6.45) is 2.01. The molecule has 4 heteroatoms. The van der Waals surface area contributed by atoms with E-state index in [4.69, 9.17) is 4.42 Å². The van der Waals surface area contributed by atoms with E-state index in [-0.39, 0.29) is 5.91 Å². The Bertz CT molecular complexity index is 1080. The van der Waals surface area contributed by atoms with E-state index in [9.17, 15) is 4.79 Å². The number of hydrogen-bond donors (Lipinski definition) is 1. The van der Waals surface area contributed by atoms with Gasteiger partial charge in [0.15, 0.2) is 0 Å². The minimum absolute atomic E-state index is 0.0375. The van der Waals surface area contributed by atoms with Crippen molar-refractivity contribution in [3.63, 3.8) is 0 Å². The monoisotopic (exact) mass is 368 g/mol. The highest BCUT2D eigenvalue weighted by Crippen LogP contribution is 2.25. The molecule has 0 radical (unpaired) electrons. The molecule has 0 aliphatic heterocycles. The molecule has 138 valence electrons. The number of hydrogen-bond acceptors (Lipinski definition) is 3. The third kappa shape index (κ3) is 4.01. The normalized spacial score (nSPS) is 10.6. The van der Waals surface area contributed by atoms with Gasteiger partial charge in [-0.15, -0.1) is 0 Å². The van der Waals surface area contributed by atoms with Crippen molar-refractivity contribution in [1.29, 1.82) is 0 Å². The van der Waals surface area contributed by atoms with E-state index < -0.39 is 0 Å². The first-order valence-electron chi connectivity index (χ1n) is 9.15. The van der Waals surface area contributed by atoms with Gasteiger partial charge in [-0.25, -0.2) is 4.98 Å². The molecular formula is C24H20N2O2. The highest BCUT2D eigenvalue weighted by molar-refractivity contribution is 5.92. The van der Waals surface area contributed by atoms with Crippen LogP contribution >= 0.6 is 0 Å².